The van der Waals surface area contributed by atoms with Crippen molar-refractivity contribution in [1.82, 2.24) is 0 Å². The Balaban J connectivity index is 2.19. The molecule has 20 heavy (non-hydrogen) atoms. The number of methoxy groups -OCH3 is 2. The fourth-order valence-electron chi connectivity index (χ4n) is 2.36. The van der Waals surface area contributed by atoms with Crippen molar-refractivity contribution < 1.29 is 19.0 Å². The van der Waals surface area contributed by atoms with Crippen molar-refractivity contribution in [2.45, 2.75) is 6.42 Å². The third-order valence-corrected chi connectivity index (χ3v) is 3.35. The van der Waals surface area contributed by atoms with E-state index in [4.69, 9.17) is 14.2 Å². The summed E-state index contributed by atoms with van der Waals surface area (Å²) in [6, 6.07) is 11.2. The Kier molecular flexibility index (Phi) is 3.06. The zero-order chi connectivity index (χ0) is 14.1. The summed E-state index contributed by atoms with van der Waals surface area (Å²) >= 11 is 0. The Morgan fingerprint density at radius 1 is 0.950 bits per heavy atom. The number of benzene rings is 2. The Morgan fingerprint density at radius 2 is 1.60 bits per heavy atom. The molecule has 3 rings (SSSR count). The number of carbonyl (C=O) groups is 1. The van der Waals surface area contributed by atoms with E-state index in [0.29, 0.717) is 11.5 Å². The van der Waals surface area contributed by atoms with Crippen molar-refractivity contribution in [1.29, 1.82) is 0 Å². The van der Waals surface area contributed by atoms with Gasteiger partial charge in [-0.3, -0.25) is 4.79 Å². The molecule has 4 heteroatoms. The Bertz CT molecular complexity index is 619. The minimum atomic E-state index is -0.286. The van der Waals surface area contributed by atoms with Crippen molar-refractivity contribution in [3.63, 3.8) is 0 Å². The maximum atomic E-state index is 11.9. The summed E-state index contributed by atoms with van der Waals surface area (Å²) in [5.41, 5.74) is 2.77. The van der Waals surface area contributed by atoms with Gasteiger partial charge in [-0.05, 0) is 35.4 Å². The Hall–Kier alpha value is -2.49. The minimum absolute atomic E-state index is 0.226. The number of fused-ring (bicyclic) bond motifs is 3. The van der Waals surface area contributed by atoms with E-state index in [1.165, 1.54) is 0 Å². The van der Waals surface area contributed by atoms with E-state index >= 15 is 0 Å². The molecule has 0 fully saturated rings. The van der Waals surface area contributed by atoms with Crippen LogP contribution in [0.1, 0.15) is 5.56 Å². The SMILES string of the molecule is COc1ccc2c(c1)CC(=O)Oc1cc(OC)ccc1-2. The van der Waals surface area contributed by atoms with Crippen LogP contribution >= 0.6 is 0 Å². The summed E-state index contributed by atoms with van der Waals surface area (Å²) in [4.78, 5) is 11.9. The van der Waals surface area contributed by atoms with Gasteiger partial charge in [-0.25, -0.2) is 0 Å². The van der Waals surface area contributed by atoms with Gasteiger partial charge in [-0.2, -0.15) is 0 Å². The Morgan fingerprint density at radius 3 is 2.30 bits per heavy atom. The second-order valence-corrected chi connectivity index (χ2v) is 4.54. The standard InChI is InChI=1S/C16H14O4/c1-18-11-3-5-13-10(7-11)8-16(17)20-15-9-12(19-2)4-6-14(13)15/h3-7,9H,8H2,1-2H3. The van der Waals surface area contributed by atoms with Crippen LogP contribution < -0.4 is 14.2 Å². The number of esters is 1. The maximum absolute atomic E-state index is 11.9. The molecule has 0 spiro atoms. The lowest BCUT2D eigenvalue weighted by Crippen LogP contribution is -2.09. The largest absolute Gasteiger partial charge is 0.497 e. The number of rotatable bonds is 2. The lowest BCUT2D eigenvalue weighted by molar-refractivity contribution is -0.133. The molecule has 0 saturated heterocycles. The Labute approximate surface area is 116 Å². The molecule has 0 saturated carbocycles. The van der Waals surface area contributed by atoms with Crippen LogP contribution in [0.2, 0.25) is 0 Å². The third kappa shape index (κ3) is 2.09. The summed E-state index contributed by atoms with van der Waals surface area (Å²) in [6.45, 7) is 0. The number of carbonyl (C=O) groups excluding carboxylic acids is 1. The van der Waals surface area contributed by atoms with Crippen LogP contribution in [-0.2, 0) is 11.2 Å². The molecule has 0 atom stereocenters. The lowest BCUT2D eigenvalue weighted by Gasteiger charge is -2.10. The van der Waals surface area contributed by atoms with Crippen molar-refractivity contribution in [2.24, 2.45) is 0 Å². The lowest BCUT2D eigenvalue weighted by atomic mass is 9.97. The monoisotopic (exact) mass is 270 g/mol. The molecule has 4 nitrogen and oxygen atoms in total. The number of hydrogen-bond donors (Lipinski definition) is 0. The first kappa shape index (κ1) is 12.5. The van der Waals surface area contributed by atoms with Crippen LogP contribution in [0.4, 0.5) is 0 Å². The van der Waals surface area contributed by atoms with Gasteiger partial charge in [0.05, 0.1) is 20.6 Å². The first-order chi connectivity index (χ1) is 9.71. The molecule has 2 aromatic carbocycles. The molecule has 0 N–H and O–H groups in total. The highest BCUT2D eigenvalue weighted by atomic mass is 16.5. The summed E-state index contributed by atoms with van der Waals surface area (Å²) in [6.07, 6.45) is 0.226. The second kappa shape index (κ2) is 4.89. The van der Waals surface area contributed by atoms with Crippen molar-refractivity contribution in [3.8, 4) is 28.4 Å². The normalized spacial score (nSPS) is 12.8. The van der Waals surface area contributed by atoms with E-state index in [1.54, 1.807) is 20.3 Å². The molecule has 0 radical (unpaired) electrons. The zero-order valence-corrected chi connectivity index (χ0v) is 11.3. The summed E-state index contributed by atoms with van der Waals surface area (Å²) < 4.78 is 15.8. The molecule has 102 valence electrons. The molecule has 0 amide bonds. The fraction of sp³-hybridized carbons (Fsp3) is 0.188. The maximum Gasteiger partial charge on any atom is 0.315 e. The van der Waals surface area contributed by atoms with E-state index in [1.807, 2.05) is 30.3 Å². The van der Waals surface area contributed by atoms with Gasteiger partial charge in [-0.15, -0.1) is 0 Å². The molecule has 1 heterocycles. The van der Waals surface area contributed by atoms with Crippen LogP contribution in [0.3, 0.4) is 0 Å². The zero-order valence-electron chi connectivity index (χ0n) is 11.3. The van der Waals surface area contributed by atoms with Crippen LogP contribution in [0.15, 0.2) is 36.4 Å². The topological polar surface area (TPSA) is 44.8 Å². The molecule has 0 bridgehead atoms. The van der Waals surface area contributed by atoms with Crippen molar-refractivity contribution in [3.05, 3.63) is 42.0 Å². The predicted octanol–water partition coefficient (Wildman–Crippen LogP) is 2.83. The molecule has 0 unspecified atom stereocenters. The van der Waals surface area contributed by atoms with E-state index in [-0.39, 0.29) is 12.4 Å². The predicted molar refractivity (Wildman–Crippen MR) is 74.3 cm³/mol. The summed E-state index contributed by atoms with van der Waals surface area (Å²) in [7, 11) is 3.19. The number of hydrogen-bond acceptors (Lipinski definition) is 4. The van der Waals surface area contributed by atoms with Gasteiger partial charge in [0, 0.05) is 11.6 Å². The summed E-state index contributed by atoms with van der Waals surface area (Å²) in [5, 5.41) is 0. The third-order valence-electron chi connectivity index (χ3n) is 3.35. The van der Waals surface area contributed by atoms with E-state index in [9.17, 15) is 4.79 Å². The van der Waals surface area contributed by atoms with Crippen LogP contribution in [-0.4, -0.2) is 20.2 Å². The highest BCUT2D eigenvalue weighted by Gasteiger charge is 2.21. The average Bonchev–Trinajstić information content (AvgIpc) is 2.60. The molecule has 2 aromatic rings. The van der Waals surface area contributed by atoms with Gasteiger partial charge in [0.25, 0.3) is 0 Å². The quantitative estimate of drug-likeness (QED) is 0.622. The smallest absolute Gasteiger partial charge is 0.315 e. The molecular formula is C16H14O4. The first-order valence-corrected chi connectivity index (χ1v) is 6.27. The summed E-state index contributed by atoms with van der Waals surface area (Å²) in [5.74, 6) is 1.63. The second-order valence-electron chi connectivity index (χ2n) is 4.54. The molecule has 0 aromatic heterocycles. The molecule has 1 aliphatic rings. The van der Waals surface area contributed by atoms with Crippen LogP contribution in [0.25, 0.3) is 11.1 Å². The van der Waals surface area contributed by atoms with Gasteiger partial charge in [0.15, 0.2) is 0 Å². The first-order valence-electron chi connectivity index (χ1n) is 6.27. The van der Waals surface area contributed by atoms with Gasteiger partial charge < -0.3 is 14.2 Å². The van der Waals surface area contributed by atoms with Gasteiger partial charge >= 0.3 is 5.97 Å². The van der Waals surface area contributed by atoms with Crippen LogP contribution in [0.5, 0.6) is 17.2 Å². The highest BCUT2D eigenvalue weighted by molar-refractivity contribution is 5.87. The fourth-order valence-corrected chi connectivity index (χ4v) is 2.36. The van der Waals surface area contributed by atoms with Gasteiger partial charge in [0.1, 0.15) is 17.2 Å². The van der Waals surface area contributed by atoms with Crippen molar-refractivity contribution >= 4 is 5.97 Å². The number of ether oxygens (including phenoxy) is 3. The minimum Gasteiger partial charge on any atom is -0.497 e. The average molecular weight is 270 g/mol. The van der Waals surface area contributed by atoms with E-state index in [2.05, 4.69) is 0 Å². The highest BCUT2D eigenvalue weighted by Crippen LogP contribution is 2.39. The van der Waals surface area contributed by atoms with Gasteiger partial charge in [0.2, 0.25) is 0 Å². The van der Waals surface area contributed by atoms with E-state index in [0.717, 1.165) is 22.4 Å². The van der Waals surface area contributed by atoms with Gasteiger partial charge in [-0.1, -0.05) is 6.07 Å². The molecular weight excluding hydrogens is 256 g/mol. The molecule has 0 aliphatic carbocycles. The van der Waals surface area contributed by atoms with Crippen molar-refractivity contribution in [2.75, 3.05) is 14.2 Å². The van der Waals surface area contributed by atoms with Crippen LogP contribution in [0, 0.1) is 0 Å². The molecule has 1 aliphatic heterocycles. The van der Waals surface area contributed by atoms with E-state index < -0.39 is 0 Å².